The summed E-state index contributed by atoms with van der Waals surface area (Å²) in [5, 5.41) is 14.3. The van der Waals surface area contributed by atoms with E-state index in [9.17, 15) is 22.9 Å². The Morgan fingerprint density at radius 3 is 2.45 bits per heavy atom. The molecule has 0 atom stereocenters. The number of rotatable bonds is 5. The molecule has 9 heteroatoms. The highest BCUT2D eigenvalue weighted by molar-refractivity contribution is 7.89. The van der Waals surface area contributed by atoms with Crippen LogP contribution in [0.4, 0.5) is 10.1 Å². The number of nitro benzene ring substituents is 1. The van der Waals surface area contributed by atoms with Crippen LogP contribution in [-0.4, -0.2) is 19.6 Å². The van der Waals surface area contributed by atoms with E-state index in [0.29, 0.717) is 0 Å². The molecule has 0 saturated carbocycles. The van der Waals surface area contributed by atoms with Crippen LogP contribution in [0.25, 0.3) is 0 Å². The van der Waals surface area contributed by atoms with Crippen molar-refractivity contribution in [3.8, 4) is 0 Å². The highest BCUT2D eigenvalue weighted by Gasteiger charge is 2.24. The summed E-state index contributed by atoms with van der Waals surface area (Å²) in [6, 6.07) is 10.5. The van der Waals surface area contributed by atoms with Gasteiger partial charge in [0.15, 0.2) is 4.90 Å². The van der Waals surface area contributed by atoms with Gasteiger partial charge in [-0.1, -0.05) is 30.3 Å². The van der Waals surface area contributed by atoms with Crippen molar-refractivity contribution in [2.75, 3.05) is 0 Å². The number of benzene rings is 2. The summed E-state index contributed by atoms with van der Waals surface area (Å²) in [5.74, 6) is -0.573. The molecule has 0 unspecified atom stereocenters. The lowest BCUT2D eigenvalue weighted by molar-refractivity contribution is -0.387. The minimum Gasteiger partial charge on any atom is -0.258 e. The second-order valence-corrected chi connectivity index (χ2v) is 5.73. The van der Waals surface area contributed by atoms with Crippen LogP contribution in [0.2, 0.25) is 0 Å². The van der Waals surface area contributed by atoms with E-state index in [-0.39, 0.29) is 5.56 Å². The van der Waals surface area contributed by atoms with Gasteiger partial charge in [0.25, 0.3) is 15.7 Å². The summed E-state index contributed by atoms with van der Waals surface area (Å²) in [4.78, 5) is 11.3. The van der Waals surface area contributed by atoms with Crippen molar-refractivity contribution >= 4 is 21.9 Å². The van der Waals surface area contributed by atoms with Gasteiger partial charge in [-0.2, -0.15) is 18.4 Å². The molecule has 0 aromatic heterocycles. The maximum Gasteiger partial charge on any atom is 0.289 e. The van der Waals surface area contributed by atoms with Crippen molar-refractivity contribution in [1.29, 1.82) is 0 Å². The molecule has 1 N–H and O–H groups in total. The Bertz CT molecular complexity index is 837. The topological polar surface area (TPSA) is 102 Å². The SMILES string of the molecule is O=[N+]([O-])c1ccccc1S(=O)(=O)N/N=C/c1ccccc1F. The summed E-state index contributed by atoms with van der Waals surface area (Å²) in [7, 11) is -4.23. The number of para-hydroxylation sites is 1. The third-order valence-corrected chi connectivity index (χ3v) is 3.90. The summed E-state index contributed by atoms with van der Waals surface area (Å²) >= 11 is 0. The highest BCUT2D eigenvalue weighted by Crippen LogP contribution is 2.22. The van der Waals surface area contributed by atoms with Gasteiger partial charge in [0.1, 0.15) is 5.82 Å². The fourth-order valence-corrected chi connectivity index (χ4v) is 2.59. The number of hydrogen-bond acceptors (Lipinski definition) is 5. The van der Waals surface area contributed by atoms with Crippen molar-refractivity contribution < 1.29 is 17.7 Å². The fraction of sp³-hybridized carbons (Fsp3) is 0. The average Bonchev–Trinajstić information content (AvgIpc) is 2.49. The van der Waals surface area contributed by atoms with Gasteiger partial charge in [-0.05, 0) is 12.1 Å². The predicted octanol–water partition coefficient (Wildman–Crippen LogP) is 2.05. The molecule has 0 spiro atoms. The zero-order chi connectivity index (χ0) is 16.2. The van der Waals surface area contributed by atoms with E-state index >= 15 is 0 Å². The summed E-state index contributed by atoms with van der Waals surface area (Å²) in [6.45, 7) is 0. The smallest absolute Gasteiger partial charge is 0.258 e. The molecule has 0 fully saturated rings. The molecule has 7 nitrogen and oxygen atoms in total. The summed E-state index contributed by atoms with van der Waals surface area (Å²) in [6.07, 6.45) is 0.974. The zero-order valence-electron chi connectivity index (χ0n) is 11.0. The molecule has 0 radical (unpaired) electrons. The Kier molecular flexibility index (Phi) is 4.47. The Morgan fingerprint density at radius 2 is 1.77 bits per heavy atom. The van der Waals surface area contributed by atoms with Crippen LogP contribution in [0.15, 0.2) is 58.5 Å². The third kappa shape index (κ3) is 3.44. The molecule has 0 aliphatic carbocycles. The Hall–Kier alpha value is -2.81. The van der Waals surface area contributed by atoms with Crippen molar-refractivity contribution in [2.24, 2.45) is 5.10 Å². The van der Waals surface area contributed by atoms with Gasteiger partial charge in [-0.15, -0.1) is 0 Å². The van der Waals surface area contributed by atoms with Crippen LogP contribution in [0.3, 0.4) is 0 Å². The van der Waals surface area contributed by atoms with Crippen molar-refractivity contribution in [3.63, 3.8) is 0 Å². The molecule has 2 aromatic rings. The van der Waals surface area contributed by atoms with E-state index in [2.05, 4.69) is 5.10 Å². The highest BCUT2D eigenvalue weighted by atomic mass is 32.2. The number of hydrazone groups is 1. The first kappa shape index (κ1) is 15.6. The standard InChI is InChI=1S/C13H10FN3O4S/c14-11-6-2-1-5-10(11)9-15-16-22(20,21)13-8-4-3-7-12(13)17(18)19/h1-9,16H/b15-9+. The molecule has 0 saturated heterocycles. The van der Waals surface area contributed by atoms with Gasteiger partial charge in [0.2, 0.25) is 0 Å². The molecular weight excluding hydrogens is 313 g/mol. The van der Waals surface area contributed by atoms with Crippen molar-refractivity contribution in [1.82, 2.24) is 4.83 Å². The van der Waals surface area contributed by atoms with Crippen LogP contribution < -0.4 is 4.83 Å². The van der Waals surface area contributed by atoms with Crippen molar-refractivity contribution in [3.05, 3.63) is 70.0 Å². The largest absolute Gasteiger partial charge is 0.289 e. The van der Waals surface area contributed by atoms with Crippen LogP contribution in [-0.2, 0) is 10.0 Å². The Balaban J connectivity index is 2.26. The molecule has 2 rings (SSSR count). The zero-order valence-corrected chi connectivity index (χ0v) is 11.8. The predicted molar refractivity (Wildman–Crippen MR) is 77.4 cm³/mol. The number of halogens is 1. The van der Waals surface area contributed by atoms with E-state index in [1.54, 1.807) is 6.07 Å². The van der Waals surface area contributed by atoms with Crippen molar-refractivity contribution in [2.45, 2.75) is 4.90 Å². The lowest BCUT2D eigenvalue weighted by atomic mass is 10.2. The maximum absolute atomic E-state index is 13.3. The number of nitrogens with one attached hydrogen (secondary N) is 1. The lowest BCUT2D eigenvalue weighted by Gasteiger charge is -2.04. The van der Waals surface area contributed by atoms with E-state index < -0.39 is 31.3 Å². The van der Waals surface area contributed by atoms with Gasteiger partial charge in [-0.25, -0.2) is 4.39 Å². The molecule has 0 bridgehead atoms. The quantitative estimate of drug-likeness (QED) is 0.517. The number of hydrogen-bond donors (Lipinski definition) is 1. The minimum atomic E-state index is -4.23. The first-order valence-corrected chi connectivity index (χ1v) is 7.43. The fourth-order valence-electron chi connectivity index (χ4n) is 1.63. The maximum atomic E-state index is 13.3. The molecule has 0 heterocycles. The first-order valence-electron chi connectivity index (χ1n) is 5.94. The number of nitro groups is 1. The summed E-state index contributed by atoms with van der Waals surface area (Å²) < 4.78 is 37.4. The van der Waals surface area contributed by atoms with Crippen LogP contribution >= 0.6 is 0 Å². The second kappa shape index (κ2) is 6.31. The molecule has 0 aliphatic rings. The molecule has 0 aliphatic heterocycles. The van der Waals surface area contributed by atoms with Crippen LogP contribution in [0, 0.1) is 15.9 Å². The van der Waals surface area contributed by atoms with Gasteiger partial charge >= 0.3 is 0 Å². The molecule has 0 amide bonds. The molecular formula is C13H10FN3O4S. The second-order valence-electron chi connectivity index (χ2n) is 4.10. The minimum absolute atomic E-state index is 0.0766. The van der Waals surface area contributed by atoms with Gasteiger partial charge in [0.05, 0.1) is 11.1 Å². The van der Waals surface area contributed by atoms with E-state index in [0.717, 1.165) is 18.3 Å². The Morgan fingerprint density at radius 1 is 1.14 bits per heavy atom. The van der Waals surface area contributed by atoms with Crippen LogP contribution in [0.5, 0.6) is 0 Å². The first-order chi connectivity index (χ1) is 10.4. The molecule has 22 heavy (non-hydrogen) atoms. The monoisotopic (exact) mass is 323 g/mol. The third-order valence-electron chi connectivity index (χ3n) is 2.63. The molecule has 2 aromatic carbocycles. The Labute approximate surface area is 125 Å². The van der Waals surface area contributed by atoms with E-state index in [4.69, 9.17) is 0 Å². The van der Waals surface area contributed by atoms with Gasteiger partial charge in [0, 0.05) is 11.6 Å². The van der Waals surface area contributed by atoms with E-state index in [1.807, 2.05) is 4.83 Å². The summed E-state index contributed by atoms with van der Waals surface area (Å²) in [5.41, 5.74) is -0.496. The molecule has 114 valence electrons. The van der Waals surface area contributed by atoms with E-state index in [1.165, 1.54) is 30.3 Å². The lowest BCUT2D eigenvalue weighted by Crippen LogP contribution is -2.19. The van der Waals surface area contributed by atoms with Gasteiger partial charge < -0.3 is 0 Å². The average molecular weight is 323 g/mol. The van der Waals surface area contributed by atoms with Crippen LogP contribution in [0.1, 0.15) is 5.56 Å². The number of sulfonamides is 1. The number of nitrogens with zero attached hydrogens (tertiary/aromatic N) is 2. The normalized spacial score (nSPS) is 11.5. The van der Waals surface area contributed by atoms with Gasteiger partial charge in [-0.3, -0.25) is 10.1 Å².